The first-order valence-electron chi connectivity index (χ1n) is 15.4. The molecular formula is C33H33F4N7O4. The van der Waals surface area contributed by atoms with Crippen LogP contribution in [0.4, 0.5) is 45.6 Å². The number of piperidine rings is 1. The molecule has 48 heavy (non-hydrogen) atoms. The Labute approximate surface area is 273 Å². The van der Waals surface area contributed by atoms with Crippen LogP contribution in [0, 0.1) is 5.82 Å². The van der Waals surface area contributed by atoms with Crippen LogP contribution in [0.25, 0.3) is 0 Å². The molecule has 4 heterocycles. The molecule has 0 spiro atoms. The summed E-state index contributed by atoms with van der Waals surface area (Å²) in [5, 5.41) is 5.00. The van der Waals surface area contributed by atoms with Crippen LogP contribution in [0.3, 0.4) is 0 Å². The number of amides is 3. The fourth-order valence-electron chi connectivity index (χ4n) is 5.91. The number of rotatable bonds is 7. The van der Waals surface area contributed by atoms with E-state index in [0.29, 0.717) is 57.9 Å². The van der Waals surface area contributed by atoms with Gasteiger partial charge in [0.2, 0.25) is 5.76 Å². The van der Waals surface area contributed by atoms with Crippen molar-refractivity contribution in [2.75, 3.05) is 66.8 Å². The van der Waals surface area contributed by atoms with E-state index in [1.54, 1.807) is 29.0 Å². The van der Waals surface area contributed by atoms with Crippen LogP contribution in [-0.2, 0) is 6.18 Å². The Bertz CT molecular complexity index is 1750. The number of aromatic nitrogens is 2. The second kappa shape index (κ2) is 13.8. The Balaban J connectivity index is 1.06. The maximum atomic E-state index is 14.0. The van der Waals surface area contributed by atoms with Gasteiger partial charge in [0.1, 0.15) is 17.4 Å². The van der Waals surface area contributed by atoms with Crippen LogP contribution in [0.15, 0.2) is 71.3 Å². The van der Waals surface area contributed by atoms with Gasteiger partial charge in [-0.2, -0.15) is 18.2 Å². The van der Waals surface area contributed by atoms with Crippen LogP contribution < -0.4 is 25.2 Å². The summed E-state index contributed by atoms with van der Waals surface area (Å²) in [5.41, 5.74) is -0.106. The minimum Gasteiger partial charge on any atom is -0.496 e. The van der Waals surface area contributed by atoms with Crippen molar-refractivity contribution in [3.8, 4) is 5.75 Å². The van der Waals surface area contributed by atoms with Gasteiger partial charge < -0.3 is 34.5 Å². The van der Waals surface area contributed by atoms with Crippen LogP contribution in [0.1, 0.15) is 40.6 Å². The lowest BCUT2D eigenvalue weighted by Crippen LogP contribution is -2.50. The lowest BCUT2D eigenvalue weighted by atomic mass is 9.89. The Morgan fingerprint density at radius 2 is 1.60 bits per heavy atom. The highest BCUT2D eigenvalue weighted by molar-refractivity contribution is 6.03. The fourth-order valence-corrected chi connectivity index (χ4v) is 5.91. The van der Waals surface area contributed by atoms with Crippen molar-refractivity contribution in [3.05, 3.63) is 89.7 Å². The average Bonchev–Trinajstić information content (AvgIpc) is 3.57. The van der Waals surface area contributed by atoms with Gasteiger partial charge in [0, 0.05) is 39.3 Å². The van der Waals surface area contributed by atoms with Crippen molar-refractivity contribution in [3.63, 3.8) is 0 Å². The van der Waals surface area contributed by atoms with Gasteiger partial charge in [0.05, 0.1) is 24.7 Å². The zero-order chi connectivity index (χ0) is 33.8. The summed E-state index contributed by atoms with van der Waals surface area (Å²) in [5.74, 6) is -1.09. The first-order chi connectivity index (χ1) is 23.1. The molecule has 0 aliphatic carbocycles. The summed E-state index contributed by atoms with van der Waals surface area (Å²) < 4.78 is 66.7. The second-order valence-electron chi connectivity index (χ2n) is 11.4. The predicted molar refractivity (Wildman–Crippen MR) is 170 cm³/mol. The van der Waals surface area contributed by atoms with Crippen molar-refractivity contribution in [2.24, 2.45) is 0 Å². The van der Waals surface area contributed by atoms with E-state index in [-0.39, 0.29) is 23.3 Å². The summed E-state index contributed by atoms with van der Waals surface area (Å²) in [6, 6.07) is 16.0. The number of nitrogens with zero attached hydrogens (tertiary/aromatic N) is 5. The monoisotopic (exact) mass is 667 g/mol. The summed E-state index contributed by atoms with van der Waals surface area (Å²) in [6.07, 6.45) is -2.31. The molecule has 0 atom stereocenters. The maximum Gasteiger partial charge on any atom is 0.437 e. The number of alkyl halides is 3. The highest BCUT2D eigenvalue weighted by Crippen LogP contribution is 2.38. The molecule has 2 aromatic heterocycles. The third-order valence-corrected chi connectivity index (χ3v) is 8.45. The summed E-state index contributed by atoms with van der Waals surface area (Å²) >= 11 is 0. The number of ether oxygens (including phenoxy) is 1. The van der Waals surface area contributed by atoms with Crippen LogP contribution in [-0.4, -0.2) is 73.2 Å². The lowest BCUT2D eigenvalue weighted by Gasteiger charge is -2.35. The lowest BCUT2D eigenvalue weighted by molar-refractivity contribution is -0.141. The highest BCUT2D eigenvalue weighted by Gasteiger charge is 2.42. The minimum atomic E-state index is -4.92. The molecule has 3 amide bonds. The molecule has 11 nitrogen and oxygen atoms in total. The minimum absolute atomic E-state index is 0.0954. The molecular weight excluding hydrogens is 634 g/mol. The molecule has 2 fully saturated rings. The molecule has 2 aliphatic heterocycles. The quantitative estimate of drug-likeness (QED) is 0.223. The van der Waals surface area contributed by atoms with Gasteiger partial charge >= 0.3 is 12.2 Å². The molecule has 0 unspecified atom stereocenters. The molecule has 2 saturated heterocycles. The van der Waals surface area contributed by atoms with Crippen LogP contribution in [0.2, 0.25) is 0 Å². The Hall–Kier alpha value is -5.34. The van der Waals surface area contributed by atoms with Gasteiger partial charge in [0.15, 0.2) is 5.69 Å². The fraction of sp³-hybridized carbons (Fsp3) is 0.333. The maximum absolute atomic E-state index is 14.0. The molecule has 4 aromatic rings. The van der Waals surface area contributed by atoms with Gasteiger partial charge in [-0.05, 0) is 54.7 Å². The number of piperazine rings is 1. The Morgan fingerprint density at radius 1 is 0.896 bits per heavy atom. The van der Waals surface area contributed by atoms with Crippen molar-refractivity contribution >= 4 is 35.1 Å². The van der Waals surface area contributed by atoms with E-state index in [0.717, 1.165) is 11.3 Å². The molecule has 2 aliphatic rings. The molecule has 252 valence electrons. The van der Waals surface area contributed by atoms with Gasteiger partial charge in [-0.3, -0.25) is 4.79 Å². The van der Waals surface area contributed by atoms with Gasteiger partial charge in [-0.25, -0.2) is 14.2 Å². The molecule has 2 aromatic carbocycles. The van der Waals surface area contributed by atoms with E-state index in [1.807, 2.05) is 29.2 Å². The van der Waals surface area contributed by atoms with E-state index in [4.69, 9.17) is 9.15 Å². The second-order valence-corrected chi connectivity index (χ2v) is 11.4. The van der Waals surface area contributed by atoms with Crippen LogP contribution in [0.5, 0.6) is 5.75 Å². The number of urea groups is 1. The predicted octanol–water partition coefficient (Wildman–Crippen LogP) is 6.23. The molecule has 0 saturated carbocycles. The third kappa shape index (κ3) is 7.14. The smallest absolute Gasteiger partial charge is 0.437 e. The van der Waals surface area contributed by atoms with Gasteiger partial charge in [0.25, 0.3) is 11.9 Å². The molecule has 2 N–H and O–H groups in total. The van der Waals surface area contributed by atoms with E-state index >= 15 is 0 Å². The number of hydrogen-bond acceptors (Lipinski definition) is 8. The number of anilines is 4. The third-order valence-electron chi connectivity index (χ3n) is 8.45. The molecule has 15 heteroatoms. The zero-order valence-electron chi connectivity index (χ0n) is 26.0. The van der Waals surface area contributed by atoms with E-state index in [2.05, 4.69) is 20.6 Å². The Kier molecular flexibility index (Phi) is 9.37. The van der Waals surface area contributed by atoms with E-state index < -0.39 is 35.4 Å². The Morgan fingerprint density at radius 3 is 2.27 bits per heavy atom. The van der Waals surface area contributed by atoms with E-state index in [1.165, 1.54) is 30.5 Å². The number of carbonyl (C=O) groups excluding carboxylic acids is 2. The number of carbonyl (C=O) groups is 2. The molecule has 0 bridgehead atoms. The number of methoxy groups -OCH3 is 1. The van der Waals surface area contributed by atoms with Crippen molar-refractivity contribution < 1.29 is 36.3 Å². The van der Waals surface area contributed by atoms with Gasteiger partial charge in [-0.15, -0.1) is 0 Å². The topological polar surface area (TPSA) is 116 Å². The summed E-state index contributed by atoms with van der Waals surface area (Å²) in [6.45, 7) is 2.36. The van der Waals surface area contributed by atoms with E-state index in [9.17, 15) is 27.2 Å². The molecule has 6 rings (SSSR count). The summed E-state index contributed by atoms with van der Waals surface area (Å²) in [7, 11) is 1.60. The standard InChI is InChI=1S/C33H33F4N7O4/c1-47-26-9-5-2-6-23(26)21-12-14-44(15-13-21)32-41-29(33(35,36)37)28(48-32)30(45)39-22-10-11-27(38-20-22)42-16-18-43(19-17-42)31(46)40-25-8-4-3-7-24(25)34/h2-11,20-21H,12-19H2,1H3,(H,39,45)(H,40,46). The number of oxazole rings is 1. The average molecular weight is 668 g/mol. The SMILES string of the molecule is COc1ccccc1C1CCN(c2nc(C(F)(F)F)c(C(=O)Nc3ccc(N4CCN(C(=O)Nc5ccccc5F)CC4)nc3)o2)CC1. The number of pyridine rings is 1. The molecule has 0 radical (unpaired) electrons. The number of benzene rings is 2. The number of hydrogen-bond donors (Lipinski definition) is 2. The first kappa shape index (κ1) is 32.6. The number of halogens is 4. The zero-order valence-corrected chi connectivity index (χ0v) is 26.0. The van der Waals surface area contributed by atoms with Crippen molar-refractivity contribution in [1.29, 1.82) is 0 Å². The highest BCUT2D eigenvalue weighted by atomic mass is 19.4. The van der Waals surface area contributed by atoms with Crippen molar-refractivity contribution in [2.45, 2.75) is 24.9 Å². The van der Waals surface area contributed by atoms with Gasteiger partial charge in [-0.1, -0.05) is 30.3 Å². The number of para-hydroxylation sites is 2. The normalized spacial score (nSPS) is 15.7. The first-order valence-corrected chi connectivity index (χ1v) is 15.4. The van der Waals surface area contributed by atoms with Crippen molar-refractivity contribution in [1.82, 2.24) is 14.9 Å². The van der Waals surface area contributed by atoms with Crippen LogP contribution >= 0.6 is 0 Å². The largest absolute Gasteiger partial charge is 0.496 e. The summed E-state index contributed by atoms with van der Waals surface area (Å²) in [4.78, 5) is 38.7. The number of nitrogens with one attached hydrogen (secondary N) is 2.